The molecule has 0 bridgehead atoms. The number of imidazole rings is 1. The summed E-state index contributed by atoms with van der Waals surface area (Å²) in [5.74, 6) is 1.05. The maximum Gasteiger partial charge on any atom is 0.323 e. The zero-order chi connectivity index (χ0) is 17.1. The average molecular weight is 330 g/mol. The normalized spacial score (nSPS) is 15.2. The van der Waals surface area contributed by atoms with Crippen molar-refractivity contribution in [2.24, 2.45) is 0 Å². The zero-order valence-electron chi connectivity index (χ0n) is 13.2. The summed E-state index contributed by atoms with van der Waals surface area (Å²) < 4.78 is 5.38. The molecule has 1 fully saturated rings. The first-order valence-corrected chi connectivity index (χ1v) is 7.63. The fourth-order valence-electron chi connectivity index (χ4n) is 2.55. The number of hydrogen-bond acceptors (Lipinski definition) is 4. The van der Waals surface area contributed by atoms with Gasteiger partial charge in [0, 0.05) is 38.5 Å². The van der Waals surface area contributed by atoms with Crippen molar-refractivity contribution in [2.75, 3.05) is 26.2 Å². The number of H-pyrrole nitrogens is 2. The van der Waals surface area contributed by atoms with E-state index in [4.69, 9.17) is 4.42 Å². The van der Waals surface area contributed by atoms with Crippen molar-refractivity contribution >= 4 is 17.9 Å². The van der Waals surface area contributed by atoms with Crippen LogP contribution >= 0.6 is 0 Å². The molecule has 2 aromatic heterocycles. The van der Waals surface area contributed by atoms with Gasteiger partial charge in [-0.3, -0.25) is 9.59 Å². The number of aryl methyl sites for hydroxylation is 1. The van der Waals surface area contributed by atoms with Crippen LogP contribution in [0.5, 0.6) is 0 Å². The summed E-state index contributed by atoms with van der Waals surface area (Å²) in [5, 5.41) is 0. The van der Waals surface area contributed by atoms with E-state index in [1.807, 2.05) is 13.0 Å². The van der Waals surface area contributed by atoms with Crippen LogP contribution in [0.2, 0.25) is 0 Å². The lowest BCUT2D eigenvalue weighted by Gasteiger charge is -2.33. The minimum atomic E-state index is -0.412. The highest BCUT2D eigenvalue weighted by molar-refractivity contribution is 5.93. The molecule has 0 atom stereocenters. The van der Waals surface area contributed by atoms with Gasteiger partial charge in [-0.15, -0.1) is 0 Å². The zero-order valence-corrected chi connectivity index (χ0v) is 13.2. The minimum Gasteiger partial charge on any atom is -0.462 e. The number of carbonyl (C=O) groups is 2. The minimum absolute atomic E-state index is 0.119. The molecule has 0 saturated carbocycles. The van der Waals surface area contributed by atoms with E-state index in [0.29, 0.717) is 31.9 Å². The van der Waals surface area contributed by atoms with Crippen molar-refractivity contribution in [3.05, 3.63) is 52.1 Å². The van der Waals surface area contributed by atoms with Crippen LogP contribution in [0, 0.1) is 6.92 Å². The largest absolute Gasteiger partial charge is 0.462 e. The number of nitrogens with zero attached hydrogens (tertiary/aromatic N) is 2. The second kappa shape index (κ2) is 6.61. The maximum absolute atomic E-state index is 12.2. The van der Waals surface area contributed by atoms with E-state index in [1.165, 1.54) is 12.3 Å². The van der Waals surface area contributed by atoms with Gasteiger partial charge < -0.3 is 24.2 Å². The molecule has 0 aliphatic carbocycles. The Hall–Kier alpha value is -3.03. The lowest BCUT2D eigenvalue weighted by molar-refractivity contribution is -0.127. The Bertz CT molecular complexity index is 821. The molecule has 1 aliphatic heterocycles. The number of carbonyl (C=O) groups excluding carboxylic acids is 2. The van der Waals surface area contributed by atoms with E-state index in [2.05, 4.69) is 9.97 Å². The van der Waals surface area contributed by atoms with Crippen molar-refractivity contribution in [1.82, 2.24) is 19.8 Å². The molecule has 2 aromatic rings. The molecule has 0 radical (unpaired) electrons. The van der Waals surface area contributed by atoms with Gasteiger partial charge in [0.2, 0.25) is 5.91 Å². The number of amides is 2. The van der Waals surface area contributed by atoms with Crippen molar-refractivity contribution in [2.45, 2.75) is 6.92 Å². The Morgan fingerprint density at radius 3 is 2.46 bits per heavy atom. The van der Waals surface area contributed by atoms with E-state index < -0.39 is 5.69 Å². The third-order valence-corrected chi connectivity index (χ3v) is 3.86. The average Bonchev–Trinajstić information content (AvgIpc) is 3.20. The molecular weight excluding hydrogens is 312 g/mol. The van der Waals surface area contributed by atoms with Gasteiger partial charge in [-0.25, -0.2) is 4.79 Å². The van der Waals surface area contributed by atoms with Gasteiger partial charge in [0.15, 0.2) is 0 Å². The highest BCUT2D eigenvalue weighted by Gasteiger charge is 2.24. The molecule has 0 spiro atoms. The van der Waals surface area contributed by atoms with E-state index >= 15 is 0 Å². The van der Waals surface area contributed by atoms with Crippen molar-refractivity contribution in [1.29, 1.82) is 0 Å². The number of piperazine rings is 1. The predicted octanol–water partition coefficient (Wildman–Crippen LogP) is 0.602. The van der Waals surface area contributed by atoms with Crippen LogP contribution < -0.4 is 5.69 Å². The monoisotopic (exact) mass is 330 g/mol. The van der Waals surface area contributed by atoms with Crippen molar-refractivity contribution in [3.8, 4) is 0 Å². The third kappa shape index (κ3) is 3.48. The Morgan fingerprint density at radius 2 is 1.88 bits per heavy atom. The highest BCUT2D eigenvalue weighted by atomic mass is 16.3. The molecule has 126 valence electrons. The molecular formula is C16H18N4O4. The molecule has 1 saturated heterocycles. The molecule has 3 rings (SSSR count). The standard InChI is InChI=1S/C16H18N4O4/c1-11-2-3-12(24-11)4-5-14(21)19-6-8-20(9-7-19)15(22)13-10-17-16(23)18-13/h2-5,10H,6-9H2,1H3,(H2,17,18,23)/b5-4+. The topological polar surface area (TPSA) is 102 Å². The first-order valence-electron chi connectivity index (χ1n) is 7.63. The second-order valence-electron chi connectivity index (χ2n) is 5.56. The Balaban J connectivity index is 1.54. The molecule has 3 heterocycles. The van der Waals surface area contributed by atoms with Gasteiger partial charge >= 0.3 is 5.69 Å². The van der Waals surface area contributed by atoms with E-state index in [-0.39, 0.29) is 17.5 Å². The molecule has 2 amide bonds. The smallest absolute Gasteiger partial charge is 0.323 e. The van der Waals surface area contributed by atoms with Gasteiger partial charge in [-0.05, 0) is 25.1 Å². The second-order valence-corrected chi connectivity index (χ2v) is 5.56. The van der Waals surface area contributed by atoms with Crippen LogP contribution in [0.1, 0.15) is 22.0 Å². The lowest BCUT2D eigenvalue weighted by Crippen LogP contribution is -2.50. The Morgan fingerprint density at radius 1 is 1.17 bits per heavy atom. The summed E-state index contributed by atoms with van der Waals surface area (Å²) in [6.07, 6.45) is 4.47. The highest BCUT2D eigenvalue weighted by Crippen LogP contribution is 2.10. The van der Waals surface area contributed by atoms with Crippen molar-refractivity contribution in [3.63, 3.8) is 0 Å². The molecule has 2 N–H and O–H groups in total. The van der Waals surface area contributed by atoms with Gasteiger partial charge in [0.1, 0.15) is 17.2 Å². The lowest BCUT2D eigenvalue weighted by atomic mass is 10.2. The summed E-state index contributed by atoms with van der Waals surface area (Å²) in [6, 6.07) is 3.63. The van der Waals surface area contributed by atoms with Crippen LogP contribution in [0.4, 0.5) is 0 Å². The summed E-state index contributed by atoms with van der Waals surface area (Å²) in [7, 11) is 0. The van der Waals surface area contributed by atoms with E-state index in [1.54, 1.807) is 21.9 Å². The fourth-order valence-corrected chi connectivity index (χ4v) is 2.55. The van der Waals surface area contributed by atoms with Crippen LogP contribution in [0.3, 0.4) is 0 Å². The molecule has 8 heteroatoms. The fraction of sp³-hybridized carbons (Fsp3) is 0.312. The third-order valence-electron chi connectivity index (χ3n) is 3.86. The van der Waals surface area contributed by atoms with Gasteiger partial charge in [-0.1, -0.05) is 0 Å². The molecule has 1 aliphatic rings. The Kier molecular flexibility index (Phi) is 4.37. The van der Waals surface area contributed by atoms with Crippen LogP contribution in [-0.4, -0.2) is 57.8 Å². The molecule has 24 heavy (non-hydrogen) atoms. The number of hydrogen-bond donors (Lipinski definition) is 2. The number of rotatable bonds is 3. The molecule has 0 aromatic carbocycles. The maximum atomic E-state index is 12.2. The number of aromatic amines is 2. The number of nitrogens with one attached hydrogen (secondary N) is 2. The summed E-state index contributed by atoms with van der Waals surface area (Å²) in [5.41, 5.74) is -0.182. The summed E-state index contributed by atoms with van der Waals surface area (Å²) in [4.78, 5) is 43.6. The quantitative estimate of drug-likeness (QED) is 0.805. The van der Waals surface area contributed by atoms with Gasteiger partial charge in [0.25, 0.3) is 5.91 Å². The van der Waals surface area contributed by atoms with E-state index in [9.17, 15) is 14.4 Å². The van der Waals surface area contributed by atoms with Gasteiger partial charge in [-0.2, -0.15) is 0 Å². The van der Waals surface area contributed by atoms with Crippen LogP contribution in [-0.2, 0) is 4.79 Å². The van der Waals surface area contributed by atoms with Crippen LogP contribution in [0.15, 0.2) is 33.6 Å². The SMILES string of the molecule is Cc1ccc(/C=C/C(=O)N2CCN(C(=O)c3c[nH]c(=O)[nH]3)CC2)o1. The first kappa shape index (κ1) is 15.9. The summed E-state index contributed by atoms with van der Waals surface area (Å²) >= 11 is 0. The first-order chi connectivity index (χ1) is 11.5. The molecule has 0 unspecified atom stereocenters. The number of aromatic nitrogens is 2. The van der Waals surface area contributed by atoms with E-state index in [0.717, 1.165) is 5.76 Å². The predicted molar refractivity (Wildman–Crippen MR) is 86.4 cm³/mol. The van der Waals surface area contributed by atoms with Gasteiger partial charge in [0.05, 0.1) is 0 Å². The molecule has 8 nitrogen and oxygen atoms in total. The Labute approximate surface area is 137 Å². The van der Waals surface area contributed by atoms with Crippen LogP contribution in [0.25, 0.3) is 6.08 Å². The van der Waals surface area contributed by atoms with Crippen molar-refractivity contribution < 1.29 is 14.0 Å². The summed E-state index contributed by atoms with van der Waals surface area (Å²) in [6.45, 7) is 3.57. The number of furan rings is 1.